The first-order valence-corrected chi connectivity index (χ1v) is 4.78. The number of amides is 1. The zero-order valence-electron chi connectivity index (χ0n) is 8.18. The summed E-state index contributed by atoms with van der Waals surface area (Å²) in [5.41, 5.74) is 2.43. The number of nitrogens with zero attached hydrogens (tertiary/aromatic N) is 2. The van der Waals surface area contributed by atoms with E-state index < -0.39 is 0 Å². The van der Waals surface area contributed by atoms with Crippen molar-refractivity contribution >= 4 is 27.5 Å². The Morgan fingerprint density at radius 1 is 1.57 bits per heavy atom. The number of nitrogens with one attached hydrogen (secondary N) is 1. The Kier molecular flexibility index (Phi) is 3.31. The highest BCUT2D eigenvalue weighted by atomic mass is 79.9. The lowest BCUT2D eigenvalue weighted by Gasteiger charge is -2.00. The number of halogens is 1. The molecule has 14 heavy (non-hydrogen) atoms. The summed E-state index contributed by atoms with van der Waals surface area (Å²) >= 11 is 2.86. The molecule has 1 aromatic heterocycles. The molecule has 1 amide bonds. The number of carbonyl (C=O) groups is 1. The van der Waals surface area contributed by atoms with Gasteiger partial charge < -0.3 is 5.32 Å². The van der Waals surface area contributed by atoms with Crippen molar-refractivity contribution in [2.45, 2.75) is 13.8 Å². The number of anilines is 1. The topological polar surface area (TPSA) is 46.9 Å². The van der Waals surface area contributed by atoms with Crippen molar-refractivity contribution in [1.82, 2.24) is 9.78 Å². The van der Waals surface area contributed by atoms with E-state index in [9.17, 15) is 4.79 Å². The Hall–Kier alpha value is -1.28. The van der Waals surface area contributed by atoms with Crippen LogP contribution in [0.1, 0.15) is 11.4 Å². The molecule has 1 rings (SSSR count). The molecule has 0 fully saturated rings. The Morgan fingerprint density at radius 2 is 2.21 bits per heavy atom. The molecule has 1 heterocycles. The number of carbonyl (C=O) groups excluding carboxylic acids is 1. The highest BCUT2D eigenvalue weighted by molar-refractivity contribution is 9.12. The molecule has 0 aromatic carbocycles. The molecule has 1 N–H and O–H groups in total. The van der Waals surface area contributed by atoms with Crippen molar-refractivity contribution in [2.24, 2.45) is 7.05 Å². The van der Waals surface area contributed by atoms with Crippen molar-refractivity contribution in [1.29, 1.82) is 0 Å². The number of aromatic nitrogens is 2. The van der Waals surface area contributed by atoms with E-state index in [0.717, 1.165) is 17.1 Å². The number of rotatable bonds is 1. The first-order chi connectivity index (χ1) is 6.56. The highest BCUT2D eigenvalue weighted by Crippen LogP contribution is 2.17. The van der Waals surface area contributed by atoms with E-state index >= 15 is 0 Å². The largest absolute Gasteiger partial charge is 0.312 e. The lowest BCUT2D eigenvalue weighted by molar-refractivity contribution is -0.111. The molecule has 0 saturated carbocycles. The van der Waals surface area contributed by atoms with Gasteiger partial charge in [-0.25, -0.2) is 0 Å². The predicted octanol–water partition coefficient (Wildman–Crippen LogP) is 1.33. The van der Waals surface area contributed by atoms with Crippen LogP contribution in [0.25, 0.3) is 0 Å². The summed E-state index contributed by atoms with van der Waals surface area (Å²) in [4.78, 5) is 13.5. The van der Waals surface area contributed by atoms with Gasteiger partial charge in [-0.05, 0) is 18.7 Å². The lowest BCUT2D eigenvalue weighted by Crippen LogP contribution is -2.09. The second-order valence-corrected chi connectivity index (χ2v) is 3.24. The third kappa shape index (κ3) is 2.15. The summed E-state index contributed by atoms with van der Waals surface area (Å²) in [7, 11) is 1.83. The van der Waals surface area contributed by atoms with Gasteiger partial charge in [0.05, 0.1) is 17.1 Å². The highest BCUT2D eigenvalue weighted by Gasteiger charge is 2.10. The maximum Gasteiger partial charge on any atom is 0.301 e. The third-order valence-electron chi connectivity index (χ3n) is 1.91. The fourth-order valence-corrected chi connectivity index (χ4v) is 1.32. The monoisotopic (exact) mass is 255 g/mol. The van der Waals surface area contributed by atoms with Gasteiger partial charge in [-0.1, -0.05) is 0 Å². The van der Waals surface area contributed by atoms with Crippen LogP contribution in [-0.4, -0.2) is 15.7 Å². The molecule has 0 spiro atoms. The minimum absolute atomic E-state index is 0.346. The fraction of sp³-hybridized carbons (Fsp3) is 0.333. The SMILES string of the molecule is Cc1nn(C)c(C)c1NC(=O)C#CBr. The Morgan fingerprint density at radius 3 is 2.64 bits per heavy atom. The van der Waals surface area contributed by atoms with Crippen LogP contribution < -0.4 is 5.32 Å². The first-order valence-electron chi connectivity index (χ1n) is 3.99. The molecule has 0 aliphatic rings. The summed E-state index contributed by atoms with van der Waals surface area (Å²) in [5.74, 6) is 1.99. The molecule has 0 saturated heterocycles. The van der Waals surface area contributed by atoms with E-state index in [-0.39, 0.29) is 5.91 Å². The van der Waals surface area contributed by atoms with Crippen molar-refractivity contribution in [3.05, 3.63) is 11.4 Å². The van der Waals surface area contributed by atoms with Gasteiger partial charge in [0.15, 0.2) is 0 Å². The maximum absolute atomic E-state index is 11.2. The van der Waals surface area contributed by atoms with Crippen LogP contribution in [-0.2, 0) is 11.8 Å². The van der Waals surface area contributed by atoms with Crippen molar-refractivity contribution in [3.63, 3.8) is 0 Å². The lowest BCUT2D eigenvalue weighted by atomic mass is 10.3. The Labute approximate surface area is 90.8 Å². The van der Waals surface area contributed by atoms with Crippen LogP contribution in [0.4, 0.5) is 5.69 Å². The van der Waals surface area contributed by atoms with Crippen LogP contribution in [0, 0.1) is 24.6 Å². The average Bonchev–Trinajstić information content (AvgIpc) is 2.33. The Bertz CT molecular complexity index is 425. The summed E-state index contributed by atoms with van der Waals surface area (Å²) in [5, 5.41) is 6.84. The van der Waals surface area contributed by atoms with Gasteiger partial charge in [0.2, 0.25) is 0 Å². The van der Waals surface area contributed by atoms with Crippen molar-refractivity contribution < 1.29 is 4.79 Å². The number of hydrogen-bond acceptors (Lipinski definition) is 2. The van der Waals surface area contributed by atoms with E-state index in [0.29, 0.717) is 0 Å². The van der Waals surface area contributed by atoms with Crippen LogP contribution in [0.5, 0.6) is 0 Å². The molecular formula is C9H10BrN3O. The minimum Gasteiger partial charge on any atom is -0.312 e. The summed E-state index contributed by atoms with van der Waals surface area (Å²) in [6.45, 7) is 3.72. The molecule has 0 radical (unpaired) electrons. The van der Waals surface area contributed by atoms with E-state index in [2.05, 4.69) is 37.1 Å². The maximum atomic E-state index is 11.2. The number of aryl methyl sites for hydroxylation is 2. The standard InChI is InChI=1S/C9H10BrN3O/c1-6-9(7(2)13(3)12-6)11-8(14)4-5-10/h1-3H3,(H,11,14). The molecule has 4 nitrogen and oxygen atoms in total. The zero-order chi connectivity index (χ0) is 10.7. The fourth-order valence-electron chi connectivity index (χ4n) is 1.14. The van der Waals surface area contributed by atoms with Crippen molar-refractivity contribution in [2.75, 3.05) is 5.32 Å². The van der Waals surface area contributed by atoms with Gasteiger partial charge in [-0.2, -0.15) is 5.10 Å². The molecule has 0 aliphatic heterocycles. The van der Waals surface area contributed by atoms with Gasteiger partial charge in [-0.3, -0.25) is 9.48 Å². The van der Waals surface area contributed by atoms with E-state index in [1.165, 1.54) is 0 Å². The molecule has 1 aromatic rings. The second-order valence-electron chi connectivity index (χ2n) is 2.84. The molecule has 0 bridgehead atoms. The van der Waals surface area contributed by atoms with E-state index in [4.69, 9.17) is 0 Å². The van der Waals surface area contributed by atoms with Gasteiger partial charge >= 0.3 is 5.91 Å². The van der Waals surface area contributed by atoms with Gasteiger partial charge in [0, 0.05) is 28.9 Å². The van der Waals surface area contributed by atoms with Crippen LogP contribution >= 0.6 is 15.9 Å². The second kappa shape index (κ2) is 4.29. The van der Waals surface area contributed by atoms with Crippen LogP contribution in [0.2, 0.25) is 0 Å². The minimum atomic E-state index is -0.346. The zero-order valence-corrected chi connectivity index (χ0v) is 9.77. The average molecular weight is 256 g/mol. The van der Waals surface area contributed by atoms with Crippen LogP contribution in [0.15, 0.2) is 0 Å². The van der Waals surface area contributed by atoms with Crippen LogP contribution in [0.3, 0.4) is 0 Å². The first kappa shape index (κ1) is 10.8. The molecule has 0 atom stereocenters. The van der Waals surface area contributed by atoms with E-state index in [1.807, 2.05) is 20.9 Å². The van der Waals surface area contributed by atoms with Gasteiger partial charge in [-0.15, -0.1) is 0 Å². The predicted molar refractivity (Wildman–Crippen MR) is 58.0 cm³/mol. The van der Waals surface area contributed by atoms with Crippen molar-refractivity contribution in [3.8, 4) is 10.8 Å². The van der Waals surface area contributed by atoms with Gasteiger partial charge in [0.25, 0.3) is 0 Å². The van der Waals surface area contributed by atoms with Gasteiger partial charge in [0.1, 0.15) is 0 Å². The third-order valence-corrected chi connectivity index (χ3v) is 2.11. The Balaban J connectivity index is 2.95. The molecule has 0 unspecified atom stereocenters. The van der Waals surface area contributed by atoms with E-state index in [1.54, 1.807) is 4.68 Å². The quantitative estimate of drug-likeness (QED) is 0.770. The molecule has 5 heteroatoms. The normalized spacial score (nSPS) is 9.14. The summed E-state index contributed by atoms with van der Waals surface area (Å²) in [6, 6.07) is 0. The summed E-state index contributed by atoms with van der Waals surface area (Å²) in [6.07, 6.45) is 0. The molecule has 74 valence electrons. The molecule has 0 aliphatic carbocycles. The molecular weight excluding hydrogens is 246 g/mol. The number of hydrogen-bond donors (Lipinski definition) is 1. The smallest absolute Gasteiger partial charge is 0.301 e. The summed E-state index contributed by atoms with van der Waals surface area (Å²) < 4.78 is 1.71.